The van der Waals surface area contributed by atoms with Crippen molar-refractivity contribution in [1.29, 1.82) is 0 Å². The summed E-state index contributed by atoms with van der Waals surface area (Å²) in [6.07, 6.45) is 24.2. The molecule has 0 saturated heterocycles. The topological polar surface area (TPSA) is 0 Å². The first-order valence-corrected chi connectivity index (χ1v) is 13.0. The van der Waals surface area contributed by atoms with E-state index in [2.05, 4.69) is 61.5 Å². The van der Waals surface area contributed by atoms with Gasteiger partial charge in [-0.1, -0.05) is 158 Å². The van der Waals surface area contributed by atoms with Crippen LogP contribution in [0.3, 0.4) is 0 Å². The largest absolute Gasteiger partial charge is 0.0654 e. The molecule has 2 rings (SSSR count). The van der Waals surface area contributed by atoms with Crippen LogP contribution in [-0.2, 0) is 6.42 Å². The fourth-order valence-corrected chi connectivity index (χ4v) is 4.37. The summed E-state index contributed by atoms with van der Waals surface area (Å²) in [6, 6.07) is 19.8. The molecular formula is C30H46. The van der Waals surface area contributed by atoms with Gasteiger partial charge in [0.2, 0.25) is 0 Å². The molecule has 0 aliphatic heterocycles. The summed E-state index contributed by atoms with van der Waals surface area (Å²) in [5.74, 6) is 0. The van der Waals surface area contributed by atoms with Gasteiger partial charge in [-0.2, -0.15) is 0 Å². The molecule has 0 aliphatic carbocycles. The number of hydrogen-bond donors (Lipinski definition) is 0. The third kappa shape index (κ3) is 11.6. The Morgan fingerprint density at radius 2 is 0.800 bits per heavy atom. The van der Waals surface area contributed by atoms with Crippen LogP contribution in [0.15, 0.2) is 54.6 Å². The van der Waals surface area contributed by atoms with Crippen molar-refractivity contribution in [1.82, 2.24) is 0 Å². The quantitative estimate of drug-likeness (QED) is 0.216. The summed E-state index contributed by atoms with van der Waals surface area (Å²) >= 11 is 0. The standard InChI is InChI=1S/C30H46/c1-2-3-4-5-6-7-8-9-10-11-12-13-14-15-16-18-21-28-24-26-30(27-25-28)29-22-19-17-20-23-29/h17,19-20,22-27H,2-16,18,21H2,1H3. The van der Waals surface area contributed by atoms with E-state index in [0.717, 1.165) is 0 Å². The van der Waals surface area contributed by atoms with Crippen LogP contribution in [0.4, 0.5) is 0 Å². The monoisotopic (exact) mass is 406 g/mol. The van der Waals surface area contributed by atoms with Gasteiger partial charge in [-0.25, -0.2) is 0 Å². The highest BCUT2D eigenvalue weighted by atomic mass is 14.0. The van der Waals surface area contributed by atoms with Crippen LogP contribution in [0.25, 0.3) is 11.1 Å². The Bertz CT molecular complexity index is 610. The second kappa shape index (κ2) is 17.2. The fourth-order valence-electron chi connectivity index (χ4n) is 4.37. The van der Waals surface area contributed by atoms with Gasteiger partial charge in [0.25, 0.3) is 0 Å². The van der Waals surface area contributed by atoms with Crippen LogP contribution >= 0.6 is 0 Å². The zero-order valence-electron chi connectivity index (χ0n) is 19.7. The molecule has 30 heavy (non-hydrogen) atoms. The number of rotatable bonds is 18. The first-order valence-electron chi connectivity index (χ1n) is 13.0. The highest BCUT2D eigenvalue weighted by molar-refractivity contribution is 5.63. The molecule has 0 spiro atoms. The normalized spacial score (nSPS) is 11.1. The molecule has 2 aromatic carbocycles. The Hall–Kier alpha value is -1.56. The van der Waals surface area contributed by atoms with Crippen LogP contribution in [0.5, 0.6) is 0 Å². The second-order valence-corrected chi connectivity index (χ2v) is 9.12. The molecule has 0 fully saturated rings. The molecule has 166 valence electrons. The first kappa shape index (κ1) is 24.7. The molecule has 0 bridgehead atoms. The minimum atomic E-state index is 1.23. The molecule has 0 saturated carbocycles. The Balaban J connectivity index is 1.37. The van der Waals surface area contributed by atoms with Crippen molar-refractivity contribution >= 4 is 0 Å². The molecule has 0 radical (unpaired) electrons. The molecule has 0 heteroatoms. The second-order valence-electron chi connectivity index (χ2n) is 9.12. The Kier molecular flexibility index (Phi) is 14.1. The van der Waals surface area contributed by atoms with E-state index in [1.54, 1.807) is 0 Å². The van der Waals surface area contributed by atoms with Crippen LogP contribution in [0.2, 0.25) is 0 Å². The molecule has 0 aromatic heterocycles. The van der Waals surface area contributed by atoms with Crippen molar-refractivity contribution in [2.75, 3.05) is 0 Å². The number of unbranched alkanes of at least 4 members (excludes halogenated alkanes) is 15. The lowest BCUT2D eigenvalue weighted by molar-refractivity contribution is 0.529. The molecular weight excluding hydrogens is 360 g/mol. The summed E-state index contributed by atoms with van der Waals surface area (Å²) in [5.41, 5.74) is 4.12. The third-order valence-electron chi connectivity index (χ3n) is 6.38. The van der Waals surface area contributed by atoms with Gasteiger partial charge in [0.15, 0.2) is 0 Å². The fraction of sp³-hybridized carbons (Fsp3) is 0.600. The molecule has 0 aliphatic rings. The van der Waals surface area contributed by atoms with Gasteiger partial charge in [0.05, 0.1) is 0 Å². The van der Waals surface area contributed by atoms with E-state index in [4.69, 9.17) is 0 Å². The summed E-state index contributed by atoms with van der Waals surface area (Å²) in [4.78, 5) is 0. The molecule has 0 nitrogen and oxygen atoms in total. The van der Waals surface area contributed by atoms with Crippen LogP contribution in [0.1, 0.15) is 115 Å². The van der Waals surface area contributed by atoms with Crippen LogP contribution < -0.4 is 0 Å². The zero-order chi connectivity index (χ0) is 21.1. The Labute approximate surface area is 187 Å². The van der Waals surface area contributed by atoms with Gasteiger partial charge >= 0.3 is 0 Å². The lowest BCUT2D eigenvalue weighted by atomic mass is 10.0. The van der Waals surface area contributed by atoms with Gasteiger partial charge < -0.3 is 0 Å². The highest BCUT2D eigenvalue weighted by Gasteiger charge is 1.99. The van der Waals surface area contributed by atoms with Gasteiger partial charge in [-0.15, -0.1) is 0 Å². The van der Waals surface area contributed by atoms with E-state index in [1.807, 2.05) is 0 Å². The Morgan fingerprint density at radius 1 is 0.400 bits per heavy atom. The van der Waals surface area contributed by atoms with Gasteiger partial charge in [-0.3, -0.25) is 0 Å². The molecule has 2 aromatic rings. The minimum Gasteiger partial charge on any atom is -0.0654 e. The van der Waals surface area contributed by atoms with Gasteiger partial charge in [-0.05, 0) is 29.5 Å². The van der Waals surface area contributed by atoms with E-state index in [-0.39, 0.29) is 0 Å². The van der Waals surface area contributed by atoms with Crippen molar-refractivity contribution in [3.8, 4) is 11.1 Å². The number of aryl methyl sites for hydroxylation is 1. The van der Waals surface area contributed by atoms with E-state index >= 15 is 0 Å². The van der Waals surface area contributed by atoms with Gasteiger partial charge in [0, 0.05) is 0 Å². The van der Waals surface area contributed by atoms with E-state index in [1.165, 1.54) is 126 Å². The lowest BCUT2D eigenvalue weighted by Crippen LogP contribution is -1.87. The number of hydrogen-bond acceptors (Lipinski definition) is 0. The average Bonchev–Trinajstić information content (AvgIpc) is 2.80. The average molecular weight is 407 g/mol. The maximum atomic E-state index is 2.31. The smallest absolute Gasteiger partial charge is 0.0184 e. The summed E-state index contributed by atoms with van der Waals surface area (Å²) in [5, 5.41) is 0. The zero-order valence-corrected chi connectivity index (χ0v) is 19.7. The predicted molar refractivity (Wildman–Crippen MR) is 135 cm³/mol. The first-order chi connectivity index (χ1) is 14.9. The molecule has 0 atom stereocenters. The van der Waals surface area contributed by atoms with E-state index in [9.17, 15) is 0 Å². The molecule has 0 unspecified atom stereocenters. The maximum Gasteiger partial charge on any atom is -0.0184 e. The summed E-state index contributed by atoms with van der Waals surface area (Å²) < 4.78 is 0. The third-order valence-corrected chi connectivity index (χ3v) is 6.38. The summed E-state index contributed by atoms with van der Waals surface area (Å²) in [6.45, 7) is 2.30. The number of benzene rings is 2. The van der Waals surface area contributed by atoms with Crippen LogP contribution in [0, 0.1) is 0 Å². The van der Waals surface area contributed by atoms with E-state index in [0.29, 0.717) is 0 Å². The molecule has 0 N–H and O–H groups in total. The van der Waals surface area contributed by atoms with Crippen molar-refractivity contribution in [3.63, 3.8) is 0 Å². The van der Waals surface area contributed by atoms with Crippen molar-refractivity contribution in [2.24, 2.45) is 0 Å². The maximum absolute atomic E-state index is 2.31. The highest BCUT2D eigenvalue weighted by Crippen LogP contribution is 2.20. The molecule has 0 amide bonds. The predicted octanol–water partition coefficient (Wildman–Crippen LogP) is 10.2. The van der Waals surface area contributed by atoms with Gasteiger partial charge in [0.1, 0.15) is 0 Å². The van der Waals surface area contributed by atoms with Crippen molar-refractivity contribution in [3.05, 3.63) is 60.2 Å². The van der Waals surface area contributed by atoms with E-state index < -0.39 is 0 Å². The Morgan fingerprint density at radius 3 is 1.27 bits per heavy atom. The van der Waals surface area contributed by atoms with Crippen molar-refractivity contribution in [2.45, 2.75) is 116 Å². The summed E-state index contributed by atoms with van der Waals surface area (Å²) in [7, 11) is 0. The van der Waals surface area contributed by atoms with Crippen molar-refractivity contribution < 1.29 is 0 Å². The SMILES string of the molecule is CCCCCCCCCCCCCCCCCCc1ccc(-c2ccccc2)cc1. The van der Waals surface area contributed by atoms with Crippen LogP contribution in [-0.4, -0.2) is 0 Å². The molecule has 0 heterocycles. The lowest BCUT2D eigenvalue weighted by Gasteiger charge is -2.05. The minimum absolute atomic E-state index is 1.23.